The van der Waals surface area contributed by atoms with Gasteiger partial charge < -0.3 is 5.32 Å². The second-order valence-corrected chi connectivity index (χ2v) is 6.81. The van der Waals surface area contributed by atoms with Crippen molar-refractivity contribution in [1.82, 2.24) is 0 Å². The number of rotatable bonds is 2. The molecule has 4 rings (SSSR count). The average Bonchev–Trinajstić information content (AvgIpc) is 3.21. The van der Waals surface area contributed by atoms with Gasteiger partial charge in [0, 0.05) is 16.5 Å². The summed E-state index contributed by atoms with van der Waals surface area (Å²) in [6.07, 6.45) is 0. The largest absolute Gasteiger partial charge is 0.321 e. The topological polar surface area (TPSA) is 95.6 Å². The molecule has 0 radical (unpaired) electrons. The maximum atomic E-state index is 12.2. The van der Waals surface area contributed by atoms with Crippen LogP contribution in [-0.4, -0.2) is 22.6 Å². The van der Waals surface area contributed by atoms with Crippen LogP contribution in [0.15, 0.2) is 74.4 Å². The van der Waals surface area contributed by atoms with Crippen molar-refractivity contribution in [2.24, 2.45) is 20.2 Å². The summed E-state index contributed by atoms with van der Waals surface area (Å²) in [5.41, 5.74) is 3.19. The van der Waals surface area contributed by atoms with Gasteiger partial charge in [-0.3, -0.25) is 9.59 Å². The third-order valence-corrected chi connectivity index (χ3v) is 4.73. The van der Waals surface area contributed by atoms with Crippen molar-refractivity contribution in [1.29, 1.82) is 0 Å². The Bertz CT molecular complexity index is 1300. The molecule has 2 aliphatic rings. The third kappa shape index (κ3) is 3.45. The van der Waals surface area contributed by atoms with E-state index < -0.39 is 0 Å². The van der Waals surface area contributed by atoms with Crippen molar-refractivity contribution in [3.05, 3.63) is 70.4 Å². The van der Waals surface area contributed by atoms with E-state index in [0.29, 0.717) is 27.9 Å². The number of hydrogen-bond acceptors (Lipinski definition) is 4. The normalized spacial score (nSPS) is 17.2. The highest BCUT2D eigenvalue weighted by molar-refractivity contribution is 7.80. The number of para-hydroxylation sites is 2. The van der Waals surface area contributed by atoms with E-state index in [1.165, 1.54) is 0 Å². The van der Waals surface area contributed by atoms with E-state index in [2.05, 4.69) is 25.5 Å². The van der Waals surface area contributed by atoms with Crippen LogP contribution in [0.25, 0.3) is 11.1 Å². The van der Waals surface area contributed by atoms with E-state index >= 15 is 0 Å². The quantitative estimate of drug-likeness (QED) is 0.363. The number of amides is 2. The van der Waals surface area contributed by atoms with Gasteiger partial charge in [0.2, 0.25) is 5.11 Å². The van der Waals surface area contributed by atoms with Crippen molar-refractivity contribution < 1.29 is 9.59 Å². The van der Waals surface area contributed by atoms with E-state index in [9.17, 15) is 9.59 Å². The molecule has 0 aromatic heterocycles. The Morgan fingerprint density at radius 1 is 1.00 bits per heavy atom. The number of carbonyl (C=O) groups excluding carboxylic acids is 2. The van der Waals surface area contributed by atoms with Gasteiger partial charge in [0.05, 0.1) is 27.9 Å². The Balaban J connectivity index is 1.62. The van der Waals surface area contributed by atoms with Gasteiger partial charge in [-0.05, 0) is 38.2 Å². The van der Waals surface area contributed by atoms with Gasteiger partial charge >= 0.3 is 0 Å². The van der Waals surface area contributed by atoms with Crippen LogP contribution >= 0.6 is 12.2 Å². The van der Waals surface area contributed by atoms with Gasteiger partial charge in [0.1, 0.15) is 0 Å². The molecule has 2 aliphatic heterocycles. The number of anilines is 1. The van der Waals surface area contributed by atoms with Gasteiger partial charge in [-0.25, -0.2) is 9.98 Å². The third-order valence-electron chi connectivity index (χ3n) is 4.55. The molecule has 0 spiro atoms. The number of hydrogen-bond donors (Lipinski definition) is 1. The summed E-state index contributed by atoms with van der Waals surface area (Å²) in [6.45, 7) is 3.36. The maximum Gasteiger partial charge on any atom is 0.280 e. The number of allylic oxidation sites excluding steroid dienone is 1. The van der Waals surface area contributed by atoms with Crippen LogP contribution in [-0.2, 0) is 9.59 Å². The zero-order valence-corrected chi connectivity index (χ0v) is 16.4. The summed E-state index contributed by atoms with van der Waals surface area (Å²) in [4.78, 5) is 32.7. The monoisotopic (exact) mass is 401 g/mol. The molecule has 0 unspecified atom stereocenters. The smallest absolute Gasteiger partial charge is 0.280 e. The molecule has 2 amide bonds. The molecule has 2 heterocycles. The molecule has 0 saturated carbocycles. The maximum absolute atomic E-state index is 12.2. The number of thiocarbonyl (C=S) groups is 1. The zero-order valence-electron chi connectivity index (χ0n) is 15.6. The summed E-state index contributed by atoms with van der Waals surface area (Å²) in [6, 6.07) is 14.6. The molecule has 29 heavy (non-hydrogen) atoms. The van der Waals surface area contributed by atoms with Crippen LogP contribution in [0.1, 0.15) is 19.4 Å². The van der Waals surface area contributed by atoms with Gasteiger partial charge in [-0.15, -0.1) is 5.11 Å². The van der Waals surface area contributed by atoms with Crippen molar-refractivity contribution in [3.63, 3.8) is 0 Å². The molecule has 0 saturated heterocycles. The van der Waals surface area contributed by atoms with Gasteiger partial charge in [-0.2, -0.15) is 5.11 Å². The Morgan fingerprint density at radius 2 is 1.72 bits per heavy atom. The fraction of sp³-hybridized carbons (Fsp3) is 0.0952. The number of nitrogens with one attached hydrogen (secondary N) is 1. The molecule has 142 valence electrons. The molecule has 7 nitrogen and oxygen atoms in total. The second kappa shape index (κ2) is 7.40. The fourth-order valence-corrected chi connectivity index (χ4v) is 3.46. The zero-order chi connectivity index (χ0) is 20.5. The lowest BCUT2D eigenvalue weighted by Gasteiger charge is -2.00. The highest BCUT2D eigenvalue weighted by Gasteiger charge is 2.26. The van der Waals surface area contributed by atoms with Crippen molar-refractivity contribution in [2.75, 3.05) is 5.32 Å². The number of carbonyl (C=O) groups is 2. The predicted octanol–water partition coefficient (Wildman–Crippen LogP) is 2.58. The van der Waals surface area contributed by atoms with Crippen LogP contribution < -0.4 is 15.9 Å². The molecule has 0 atom stereocenters. The first-order valence-electron chi connectivity index (χ1n) is 8.81. The van der Waals surface area contributed by atoms with E-state index in [1.807, 2.05) is 42.5 Å². The van der Waals surface area contributed by atoms with Gasteiger partial charge in [0.15, 0.2) is 0 Å². The number of benzene rings is 2. The minimum Gasteiger partial charge on any atom is -0.321 e. The van der Waals surface area contributed by atoms with Crippen LogP contribution in [0.4, 0.5) is 5.69 Å². The first kappa shape index (κ1) is 18.7. The summed E-state index contributed by atoms with van der Waals surface area (Å²) in [5.74, 6) is -0.594. The van der Waals surface area contributed by atoms with E-state index in [0.717, 1.165) is 16.5 Å². The summed E-state index contributed by atoms with van der Waals surface area (Å²) in [5, 5.41) is 12.1. The molecule has 1 N–H and O–H groups in total. The highest BCUT2D eigenvalue weighted by atomic mass is 32.1. The Hall–Kier alpha value is -3.65. The van der Waals surface area contributed by atoms with Crippen LogP contribution in [0.2, 0.25) is 0 Å². The molecule has 2 aromatic rings. The second-order valence-electron chi connectivity index (χ2n) is 6.45. The average molecular weight is 401 g/mol. The Morgan fingerprint density at radius 3 is 2.55 bits per heavy atom. The minimum absolute atomic E-state index is 0.0428. The van der Waals surface area contributed by atoms with Crippen LogP contribution in [0.3, 0.4) is 0 Å². The lowest BCUT2D eigenvalue weighted by atomic mass is 10.1. The van der Waals surface area contributed by atoms with Gasteiger partial charge in [0.25, 0.3) is 11.8 Å². The molecule has 0 fully saturated rings. The molecule has 8 heteroatoms. The van der Waals surface area contributed by atoms with Crippen molar-refractivity contribution in [2.45, 2.75) is 13.8 Å². The van der Waals surface area contributed by atoms with Crippen molar-refractivity contribution in [3.8, 4) is 0 Å². The predicted molar refractivity (Wildman–Crippen MR) is 114 cm³/mol. The van der Waals surface area contributed by atoms with Gasteiger partial charge in [-0.1, -0.05) is 36.4 Å². The molecule has 0 bridgehead atoms. The fourth-order valence-electron chi connectivity index (χ4n) is 3.28. The molecular formula is C21H15N5O2S. The standard InChI is InChI=1S/C21H15N5O2S/c1-11(17-13-7-3-5-9-15(13)23-19(17)27)22-21(29)26-25-12(2)18-14-8-4-6-10-16(14)24-20(18)28/h3-10H,1-2H3,(H,24,28)/b18-12-,22-11+,26-25?. The first-order valence-corrected chi connectivity index (χ1v) is 9.22. The van der Waals surface area contributed by atoms with E-state index in [4.69, 9.17) is 12.2 Å². The molecule has 2 aromatic carbocycles. The minimum atomic E-state index is -0.357. The Labute approximate surface area is 171 Å². The number of nitrogens with zero attached hydrogens (tertiary/aromatic N) is 4. The summed E-state index contributed by atoms with van der Waals surface area (Å²) >= 11 is 5.18. The number of azo groups is 1. The van der Waals surface area contributed by atoms with Crippen molar-refractivity contribution >= 4 is 51.7 Å². The highest BCUT2D eigenvalue weighted by Crippen LogP contribution is 2.33. The lowest BCUT2D eigenvalue weighted by molar-refractivity contribution is -0.112. The van der Waals surface area contributed by atoms with Crippen LogP contribution in [0, 0.1) is 0 Å². The number of aliphatic imine (C=N–C) groups is 1. The summed E-state index contributed by atoms with van der Waals surface area (Å²) < 4.78 is 0. The van der Waals surface area contributed by atoms with E-state index in [-0.39, 0.29) is 16.9 Å². The lowest BCUT2D eigenvalue weighted by Crippen LogP contribution is -2.24. The summed E-state index contributed by atoms with van der Waals surface area (Å²) in [7, 11) is 0. The Kier molecular flexibility index (Phi) is 4.77. The molecular weight excluding hydrogens is 386 g/mol. The van der Waals surface area contributed by atoms with E-state index in [1.54, 1.807) is 19.9 Å². The first-order chi connectivity index (χ1) is 14.0. The molecule has 0 aliphatic carbocycles. The van der Waals surface area contributed by atoms with Crippen LogP contribution in [0.5, 0.6) is 0 Å². The number of fused-ring (bicyclic) bond motifs is 2. The SMILES string of the molecule is C/C(N=NC(=S)/N=C(\C)C1=c2ccccc2=NC1=O)=C1/C(=O)Nc2ccccc21.